The molecule has 2 unspecified atom stereocenters. The highest BCUT2D eigenvalue weighted by molar-refractivity contribution is 5.76. The van der Waals surface area contributed by atoms with Gasteiger partial charge in [0.2, 0.25) is 0 Å². The molecule has 1 aromatic rings. The summed E-state index contributed by atoms with van der Waals surface area (Å²) in [4.78, 5) is 12.8. The SMILES string of the molecule is COc1cccc(N(C)C2CC2C(=O)O)c1. The molecule has 0 bridgehead atoms. The van der Waals surface area contributed by atoms with E-state index in [1.807, 2.05) is 36.2 Å². The second-order valence-electron chi connectivity index (χ2n) is 4.06. The lowest BCUT2D eigenvalue weighted by atomic mass is 10.2. The minimum Gasteiger partial charge on any atom is -0.497 e. The van der Waals surface area contributed by atoms with Gasteiger partial charge in [-0.15, -0.1) is 0 Å². The lowest BCUT2D eigenvalue weighted by Gasteiger charge is -2.19. The minimum absolute atomic E-state index is 0.115. The van der Waals surface area contributed by atoms with Crippen LogP contribution in [-0.2, 0) is 4.79 Å². The van der Waals surface area contributed by atoms with Crippen molar-refractivity contribution in [3.63, 3.8) is 0 Å². The predicted octanol–water partition coefficient (Wildman–Crippen LogP) is 1.60. The van der Waals surface area contributed by atoms with Crippen molar-refractivity contribution in [1.82, 2.24) is 0 Å². The van der Waals surface area contributed by atoms with Gasteiger partial charge in [0, 0.05) is 24.8 Å². The maximum absolute atomic E-state index is 10.8. The Kier molecular flexibility index (Phi) is 2.73. The number of hydrogen-bond acceptors (Lipinski definition) is 3. The van der Waals surface area contributed by atoms with Crippen molar-refractivity contribution in [2.45, 2.75) is 12.5 Å². The van der Waals surface area contributed by atoms with Crippen LogP contribution in [0.25, 0.3) is 0 Å². The Balaban J connectivity index is 2.10. The summed E-state index contributed by atoms with van der Waals surface area (Å²) in [6.45, 7) is 0. The normalized spacial score (nSPS) is 22.6. The monoisotopic (exact) mass is 221 g/mol. The van der Waals surface area contributed by atoms with Gasteiger partial charge in [0.05, 0.1) is 13.0 Å². The van der Waals surface area contributed by atoms with Crippen LogP contribution < -0.4 is 9.64 Å². The second-order valence-corrected chi connectivity index (χ2v) is 4.06. The highest BCUT2D eigenvalue weighted by atomic mass is 16.5. The summed E-state index contributed by atoms with van der Waals surface area (Å²) in [7, 11) is 3.54. The molecule has 2 rings (SSSR count). The van der Waals surface area contributed by atoms with E-state index >= 15 is 0 Å². The summed E-state index contributed by atoms with van der Waals surface area (Å²) in [5.41, 5.74) is 0.994. The Labute approximate surface area is 94.4 Å². The van der Waals surface area contributed by atoms with E-state index in [9.17, 15) is 4.79 Å². The maximum atomic E-state index is 10.8. The Bertz CT molecular complexity index is 405. The molecule has 1 aromatic carbocycles. The molecular formula is C12H15NO3. The lowest BCUT2D eigenvalue weighted by Crippen LogP contribution is -2.23. The van der Waals surface area contributed by atoms with Crippen molar-refractivity contribution >= 4 is 11.7 Å². The van der Waals surface area contributed by atoms with Crippen LogP contribution in [0.1, 0.15) is 6.42 Å². The van der Waals surface area contributed by atoms with Gasteiger partial charge < -0.3 is 14.7 Å². The summed E-state index contributed by atoms with van der Waals surface area (Å²) in [6, 6.07) is 7.77. The van der Waals surface area contributed by atoms with Crippen molar-refractivity contribution in [3.8, 4) is 5.75 Å². The third-order valence-corrected chi connectivity index (χ3v) is 3.03. The Morgan fingerprint density at radius 2 is 2.31 bits per heavy atom. The Morgan fingerprint density at radius 1 is 1.56 bits per heavy atom. The van der Waals surface area contributed by atoms with Gasteiger partial charge in [-0.25, -0.2) is 0 Å². The van der Waals surface area contributed by atoms with Crippen LogP contribution in [0.3, 0.4) is 0 Å². The van der Waals surface area contributed by atoms with Crippen LogP contribution in [0.5, 0.6) is 5.75 Å². The number of carbonyl (C=O) groups is 1. The zero-order chi connectivity index (χ0) is 11.7. The smallest absolute Gasteiger partial charge is 0.308 e. The van der Waals surface area contributed by atoms with E-state index in [0.717, 1.165) is 17.9 Å². The third-order valence-electron chi connectivity index (χ3n) is 3.03. The zero-order valence-corrected chi connectivity index (χ0v) is 9.38. The average Bonchev–Trinajstić information content (AvgIpc) is 3.08. The summed E-state index contributed by atoms with van der Waals surface area (Å²) >= 11 is 0. The van der Waals surface area contributed by atoms with Crippen LogP contribution in [0.4, 0.5) is 5.69 Å². The second kappa shape index (κ2) is 4.04. The van der Waals surface area contributed by atoms with Crippen molar-refractivity contribution in [2.24, 2.45) is 5.92 Å². The Hall–Kier alpha value is -1.71. The van der Waals surface area contributed by atoms with Crippen LogP contribution in [0.15, 0.2) is 24.3 Å². The van der Waals surface area contributed by atoms with Crippen molar-refractivity contribution < 1.29 is 14.6 Å². The molecule has 4 nitrogen and oxygen atoms in total. The van der Waals surface area contributed by atoms with Gasteiger partial charge in [0.15, 0.2) is 0 Å². The predicted molar refractivity (Wildman–Crippen MR) is 60.9 cm³/mol. The number of hydrogen-bond donors (Lipinski definition) is 1. The molecule has 0 aromatic heterocycles. The molecule has 0 amide bonds. The topological polar surface area (TPSA) is 49.8 Å². The van der Waals surface area contributed by atoms with Gasteiger partial charge in [-0.2, -0.15) is 0 Å². The third kappa shape index (κ3) is 1.96. The number of carboxylic acids is 1. The van der Waals surface area contributed by atoms with Gasteiger partial charge in [0.25, 0.3) is 0 Å². The number of rotatable bonds is 4. The molecule has 2 atom stereocenters. The molecule has 1 N–H and O–H groups in total. The quantitative estimate of drug-likeness (QED) is 0.839. The molecular weight excluding hydrogens is 206 g/mol. The molecule has 0 heterocycles. The largest absolute Gasteiger partial charge is 0.497 e. The molecule has 0 radical (unpaired) electrons. The molecule has 4 heteroatoms. The number of benzene rings is 1. The van der Waals surface area contributed by atoms with Crippen LogP contribution in [0, 0.1) is 5.92 Å². The summed E-state index contributed by atoms with van der Waals surface area (Å²) in [5, 5.41) is 8.87. The number of nitrogens with zero attached hydrogens (tertiary/aromatic N) is 1. The molecule has 0 aliphatic heterocycles. The summed E-state index contributed by atoms with van der Waals surface area (Å²) < 4.78 is 5.14. The minimum atomic E-state index is -0.709. The van der Waals surface area contributed by atoms with E-state index in [1.54, 1.807) is 7.11 Å². The molecule has 1 aliphatic rings. The molecule has 0 saturated heterocycles. The lowest BCUT2D eigenvalue weighted by molar-refractivity contribution is -0.138. The fraction of sp³-hybridized carbons (Fsp3) is 0.417. The zero-order valence-electron chi connectivity index (χ0n) is 9.38. The van der Waals surface area contributed by atoms with Crippen molar-refractivity contribution in [3.05, 3.63) is 24.3 Å². The molecule has 1 aliphatic carbocycles. The van der Waals surface area contributed by atoms with E-state index in [0.29, 0.717) is 0 Å². The Morgan fingerprint density at radius 3 is 2.88 bits per heavy atom. The first-order chi connectivity index (χ1) is 7.63. The van der Waals surface area contributed by atoms with Crippen LogP contribution >= 0.6 is 0 Å². The van der Waals surface area contributed by atoms with E-state index in [-0.39, 0.29) is 12.0 Å². The molecule has 0 spiro atoms. The number of ether oxygens (including phenoxy) is 1. The van der Waals surface area contributed by atoms with Gasteiger partial charge in [-0.05, 0) is 18.6 Å². The first-order valence-corrected chi connectivity index (χ1v) is 5.23. The van der Waals surface area contributed by atoms with Crippen molar-refractivity contribution in [2.75, 3.05) is 19.1 Å². The summed E-state index contributed by atoms with van der Waals surface area (Å²) in [5.74, 6) is -0.146. The molecule has 86 valence electrons. The van der Waals surface area contributed by atoms with Crippen molar-refractivity contribution in [1.29, 1.82) is 0 Å². The number of methoxy groups -OCH3 is 1. The van der Waals surface area contributed by atoms with E-state index in [1.165, 1.54) is 0 Å². The molecule has 16 heavy (non-hydrogen) atoms. The number of anilines is 1. The van der Waals surface area contributed by atoms with Gasteiger partial charge >= 0.3 is 5.97 Å². The van der Waals surface area contributed by atoms with E-state index in [2.05, 4.69) is 0 Å². The summed E-state index contributed by atoms with van der Waals surface area (Å²) in [6.07, 6.45) is 0.725. The average molecular weight is 221 g/mol. The fourth-order valence-electron chi connectivity index (χ4n) is 1.90. The highest BCUT2D eigenvalue weighted by Crippen LogP contribution is 2.38. The van der Waals surface area contributed by atoms with E-state index in [4.69, 9.17) is 9.84 Å². The van der Waals surface area contributed by atoms with Gasteiger partial charge in [-0.1, -0.05) is 6.07 Å². The van der Waals surface area contributed by atoms with Gasteiger partial charge in [0.1, 0.15) is 5.75 Å². The number of carboxylic acid groups (broad SMARTS) is 1. The maximum Gasteiger partial charge on any atom is 0.308 e. The van der Waals surface area contributed by atoms with E-state index < -0.39 is 5.97 Å². The molecule has 1 fully saturated rings. The standard InChI is InChI=1S/C12H15NO3/c1-13(11-7-10(11)12(14)15)8-4-3-5-9(6-8)16-2/h3-6,10-11H,7H2,1-2H3,(H,14,15). The van der Waals surface area contributed by atoms with Crippen LogP contribution in [0.2, 0.25) is 0 Å². The first-order valence-electron chi connectivity index (χ1n) is 5.23. The highest BCUT2D eigenvalue weighted by Gasteiger charge is 2.46. The number of aliphatic carboxylic acids is 1. The fourth-order valence-corrected chi connectivity index (χ4v) is 1.90. The van der Waals surface area contributed by atoms with Gasteiger partial charge in [-0.3, -0.25) is 4.79 Å². The molecule has 1 saturated carbocycles. The van der Waals surface area contributed by atoms with Crippen LogP contribution in [-0.4, -0.2) is 31.3 Å². The first kappa shape index (κ1) is 10.8.